The minimum absolute atomic E-state index is 0.288. The standard InChI is InChI=1S/C24H28F4N4O/c1-6-16-9-20-22(29-12-16)32(13-14(2)30-20)15(3)31-21(23(4,5)33)17-7-8-18(19(25)10-17)11-24(26,27)28/h7-10,12,21,30-31,33H,2-3,6,11,13H2,1,4-5H3. The van der Waals surface area contributed by atoms with E-state index in [1.807, 2.05) is 13.0 Å². The first kappa shape index (κ1) is 24.6. The summed E-state index contributed by atoms with van der Waals surface area (Å²) in [5, 5.41) is 17.1. The Balaban J connectivity index is 1.90. The van der Waals surface area contributed by atoms with E-state index in [-0.39, 0.29) is 5.56 Å². The number of aliphatic hydroxyl groups is 1. The van der Waals surface area contributed by atoms with E-state index in [2.05, 4.69) is 28.8 Å². The molecule has 0 aliphatic carbocycles. The molecule has 1 aromatic heterocycles. The second kappa shape index (κ2) is 9.05. The van der Waals surface area contributed by atoms with Crippen molar-refractivity contribution in [1.82, 2.24) is 10.3 Å². The number of alkyl halides is 3. The van der Waals surface area contributed by atoms with Crippen molar-refractivity contribution in [3.63, 3.8) is 0 Å². The number of aryl methyl sites for hydroxylation is 1. The molecule has 0 fully saturated rings. The molecule has 33 heavy (non-hydrogen) atoms. The van der Waals surface area contributed by atoms with Gasteiger partial charge in [0.15, 0.2) is 5.82 Å². The van der Waals surface area contributed by atoms with Gasteiger partial charge in [0.05, 0.1) is 30.3 Å². The highest BCUT2D eigenvalue weighted by atomic mass is 19.4. The van der Waals surface area contributed by atoms with Crippen LogP contribution in [0, 0.1) is 5.82 Å². The lowest BCUT2D eigenvalue weighted by Crippen LogP contribution is -2.44. The monoisotopic (exact) mass is 464 g/mol. The Morgan fingerprint density at radius 3 is 2.58 bits per heavy atom. The Labute approximate surface area is 190 Å². The van der Waals surface area contributed by atoms with Gasteiger partial charge in [0.2, 0.25) is 0 Å². The van der Waals surface area contributed by atoms with Crippen molar-refractivity contribution in [2.24, 2.45) is 0 Å². The molecule has 3 rings (SSSR count). The van der Waals surface area contributed by atoms with Crippen molar-refractivity contribution < 1.29 is 22.7 Å². The maximum Gasteiger partial charge on any atom is 0.393 e. The van der Waals surface area contributed by atoms with E-state index in [1.54, 1.807) is 11.1 Å². The second-order valence-electron chi connectivity index (χ2n) is 8.70. The van der Waals surface area contributed by atoms with Crippen molar-refractivity contribution in [2.45, 2.75) is 51.4 Å². The first-order valence-corrected chi connectivity index (χ1v) is 10.5. The van der Waals surface area contributed by atoms with Gasteiger partial charge in [-0.2, -0.15) is 13.2 Å². The Bertz CT molecular complexity index is 1060. The van der Waals surface area contributed by atoms with Crippen molar-refractivity contribution in [1.29, 1.82) is 0 Å². The molecule has 1 unspecified atom stereocenters. The van der Waals surface area contributed by atoms with E-state index in [9.17, 15) is 22.7 Å². The van der Waals surface area contributed by atoms with Crippen molar-refractivity contribution in [2.75, 3.05) is 16.8 Å². The number of hydrogen-bond donors (Lipinski definition) is 3. The van der Waals surface area contributed by atoms with E-state index in [1.165, 1.54) is 19.9 Å². The summed E-state index contributed by atoms with van der Waals surface area (Å²) in [7, 11) is 0. The molecule has 0 saturated heterocycles. The maximum absolute atomic E-state index is 14.5. The lowest BCUT2D eigenvalue weighted by molar-refractivity contribution is -0.127. The number of fused-ring (bicyclic) bond motifs is 1. The summed E-state index contributed by atoms with van der Waals surface area (Å²) in [4.78, 5) is 6.30. The van der Waals surface area contributed by atoms with Gasteiger partial charge in [-0.1, -0.05) is 32.2 Å². The molecule has 2 aromatic rings. The summed E-state index contributed by atoms with van der Waals surface area (Å²) in [6, 6.07) is 4.59. The third kappa shape index (κ3) is 5.84. The highest BCUT2D eigenvalue weighted by molar-refractivity contribution is 5.74. The lowest BCUT2D eigenvalue weighted by Gasteiger charge is -2.38. The van der Waals surface area contributed by atoms with Gasteiger partial charge in [-0.25, -0.2) is 9.37 Å². The van der Waals surface area contributed by atoms with Gasteiger partial charge in [0.1, 0.15) is 11.6 Å². The van der Waals surface area contributed by atoms with Gasteiger partial charge >= 0.3 is 6.18 Å². The number of anilines is 2. The summed E-state index contributed by atoms with van der Waals surface area (Å²) < 4.78 is 52.6. The fourth-order valence-electron chi connectivity index (χ4n) is 3.74. The fourth-order valence-corrected chi connectivity index (χ4v) is 3.74. The van der Waals surface area contributed by atoms with Crippen LogP contribution in [-0.4, -0.2) is 28.4 Å². The summed E-state index contributed by atoms with van der Waals surface area (Å²) >= 11 is 0. The largest absolute Gasteiger partial charge is 0.393 e. The van der Waals surface area contributed by atoms with Crippen LogP contribution in [0.15, 0.2) is 55.1 Å². The molecule has 3 N–H and O–H groups in total. The zero-order valence-electron chi connectivity index (χ0n) is 18.9. The molecule has 0 spiro atoms. The first-order valence-electron chi connectivity index (χ1n) is 10.5. The number of benzene rings is 1. The molecular formula is C24H28F4N4O. The van der Waals surface area contributed by atoms with Crippen LogP contribution in [-0.2, 0) is 12.8 Å². The Morgan fingerprint density at radius 1 is 1.30 bits per heavy atom. The minimum atomic E-state index is -4.52. The van der Waals surface area contributed by atoms with Crippen LogP contribution < -0.4 is 15.5 Å². The third-order valence-corrected chi connectivity index (χ3v) is 5.39. The van der Waals surface area contributed by atoms with E-state index in [0.717, 1.165) is 29.8 Å². The summed E-state index contributed by atoms with van der Waals surface area (Å²) in [5.74, 6) is 0.00185. The molecule has 1 aliphatic heterocycles. The molecule has 0 bridgehead atoms. The van der Waals surface area contributed by atoms with Gasteiger partial charge in [0.25, 0.3) is 0 Å². The van der Waals surface area contributed by atoms with Gasteiger partial charge in [0, 0.05) is 11.9 Å². The molecule has 1 aliphatic rings. The Morgan fingerprint density at radius 2 is 2.00 bits per heavy atom. The van der Waals surface area contributed by atoms with Crippen molar-refractivity contribution >= 4 is 11.5 Å². The van der Waals surface area contributed by atoms with Crippen LogP contribution in [0.1, 0.15) is 43.5 Å². The fraction of sp³-hybridized carbons (Fsp3) is 0.375. The molecule has 0 amide bonds. The molecule has 1 atom stereocenters. The molecule has 0 saturated carbocycles. The quantitative estimate of drug-likeness (QED) is 0.492. The number of nitrogens with zero attached hydrogens (tertiary/aromatic N) is 2. The molecule has 9 heteroatoms. The summed E-state index contributed by atoms with van der Waals surface area (Å²) in [6.07, 6.45) is -3.31. The smallest absolute Gasteiger partial charge is 0.388 e. The number of hydrogen-bond acceptors (Lipinski definition) is 5. The van der Waals surface area contributed by atoms with E-state index in [4.69, 9.17) is 0 Å². The molecule has 1 aromatic carbocycles. The highest BCUT2D eigenvalue weighted by Crippen LogP contribution is 2.34. The Kier molecular flexibility index (Phi) is 6.74. The number of rotatable bonds is 7. The average molecular weight is 465 g/mol. The minimum Gasteiger partial charge on any atom is -0.388 e. The summed E-state index contributed by atoms with van der Waals surface area (Å²) in [5.41, 5.74) is 0.948. The lowest BCUT2D eigenvalue weighted by atomic mass is 9.90. The van der Waals surface area contributed by atoms with E-state index >= 15 is 0 Å². The molecule has 5 nitrogen and oxygen atoms in total. The molecule has 2 heterocycles. The number of pyridine rings is 1. The maximum atomic E-state index is 14.5. The number of nitrogens with one attached hydrogen (secondary N) is 2. The molecule has 178 valence electrons. The van der Waals surface area contributed by atoms with Crippen molar-refractivity contribution in [3.05, 3.63) is 77.6 Å². The van der Waals surface area contributed by atoms with Crippen LogP contribution >= 0.6 is 0 Å². The predicted octanol–water partition coefficient (Wildman–Crippen LogP) is 5.21. The average Bonchev–Trinajstić information content (AvgIpc) is 2.70. The first-order chi connectivity index (χ1) is 15.3. The topological polar surface area (TPSA) is 60.4 Å². The van der Waals surface area contributed by atoms with Crippen molar-refractivity contribution in [3.8, 4) is 0 Å². The van der Waals surface area contributed by atoms with Crippen LogP contribution in [0.4, 0.5) is 29.1 Å². The van der Waals surface area contributed by atoms with Gasteiger partial charge in [-0.15, -0.1) is 0 Å². The molecular weight excluding hydrogens is 436 g/mol. The SMILES string of the molecule is C=C1CN(C(=C)NC(c2ccc(CC(F)(F)F)c(F)c2)C(C)(C)O)c2ncc(CC)cc2N1. The second-order valence-corrected chi connectivity index (χ2v) is 8.70. The van der Waals surface area contributed by atoms with Gasteiger partial charge < -0.3 is 20.6 Å². The predicted molar refractivity (Wildman–Crippen MR) is 121 cm³/mol. The highest BCUT2D eigenvalue weighted by Gasteiger charge is 2.33. The normalized spacial score (nSPS) is 15.0. The summed E-state index contributed by atoms with van der Waals surface area (Å²) in [6.45, 7) is 13.5. The molecule has 0 radical (unpaired) electrons. The number of aromatic nitrogens is 1. The van der Waals surface area contributed by atoms with Crippen LogP contribution in [0.25, 0.3) is 0 Å². The third-order valence-electron chi connectivity index (χ3n) is 5.39. The van der Waals surface area contributed by atoms with Gasteiger partial charge in [-0.05, 0) is 49.1 Å². The van der Waals surface area contributed by atoms with E-state index < -0.39 is 35.6 Å². The van der Waals surface area contributed by atoms with Crippen LogP contribution in [0.2, 0.25) is 0 Å². The van der Waals surface area contributed by atoms with E-state index in [0.29, 0.717) is 23.9 Å². The van der Waals surface area contributed by atoms with Gasteiger partial charge in [-0.3, -0.25) is 0 Å². The Hall–Kier alpha value is -3.07. The zero-order chi connectivity index (χ0) is 24.6. The van der Waals surface area contributed by atoms with Crippen LogP contribution in [0.5, 0.6) is 0 Å². The zero-order valence-corrected chi connectivity index (χ0v) is 18.9. The number of halogens is 4. The van der Waals surface area contributed by atoms with Crippen LogP contribution in [0.3, 0.4) is 0 Å².